The van der Waals surface area contributed by atoms with Gasteiger partial charge in [-0.25, -0.2) is 0 Å². The van der Waals surface area contributed by atoms with Crippen molar-refractivity contribution in [1.82, 2.24) is 20.0 Å². The first-order valence-electron chi connectivity index (χ1n) is 9.37. The largest absolute Gasteiger partial charge is 0.360 e. The van der Waals surface area contributed by atoms with E-state index < -0.39 is 0 Å². The van der Waals surface area contributed by atoms with Crippen LogP contribution in [0.15, 0.2) is 33.7 Å². The first-order valence-corrected chi connectivity index (χ1v) is 9.37. The Labute approximate surface area is 156 Å². The van der Waals surface area contributed by atoms with Crippen LogP contribution in [0.2, 0.25) is 0 Å². The maximum atomic E-state index is 13.1. The zero-order valence-corrected chi connectivity index (χ0v) is 15.5. The Kier molecular flexibility index (Phi) is 4.51. The van der Waals surface area contributed by atoms with Crippen molar-refractivity contribution in [2.24, 2.45) is 0 Å². The summed E-state index contributed by atoms with van der Waals surface area (Å²) >= 11 is 0. The van der Waals surface area contributed by atoms with E-state index in [0.29, 0.717) is 53.9 Å². The van der Waals surface area contributed by atoms with Crippen LogP contribution in [0.3, 0.4) is 0 Å². The Balaban J connectivity index is 1.60. The van der Waals surface area contributed by atoms with E-state index in [1.807, 2.05) is 24.8 Å². The highest BCUT2D eigenvalue weighted by Crippen LogP contribution is 2.29. The normalized spacial score (nSPS) is 17.0. The lowest BCUT2D eigenvalue weighted by Crippen LogP contribution is -2.30. The predicted octanol–water partition coefficient (Wildman–Crippen LogP) is 2.67. The lowest BCUT2D eigenvalue weighted by molar-refractivity contribution is 0.0787. The maximum Gasteiger partial charge on any atom is 0.259 e. The Bertz CT molecular complexity index is 1030. The number of carbonyl (C=O) groups excluding carboxylic acids is 1. The fourth-order valence-electron chi connectivity index (χ4n) is 3.77. The van der Waals surface area contributed by atoms with Crippen LogP contribution in [0, 0.1) is 0 Å². The second-order valence-corrected chi connectivity index (χ2v) is 6.86. The number of rotatable bonds is 4. The van der Waals surface area contributed by atoms with Crippen molar-refractivity contribution in [3.8, 4) is 0 Å². The lowest BCUT2D eigenvalue weighted by Gasteiger charge is -2.17. The van der Waals surface area contributed by atoms with E-state index in [4.69, 9.17) is 4.52 Å². The van der Waals surface area contributed by atoms with Gasteiger partial charge in [-0.2, -0.15) is 0 Å². The van der Waals surface area contributed by atoms with E-state index in [0.717, 1.165) is 12.1 Å². The molecular formula is C20H22N4O3. The van der Waals surface area contributed by atoms with E-state index in [2.05, 4.69) is 15.1 Å². The summed E-state index contributed by atoms with van der Waals surface area (Å²) in [6.07, 6.45) is 3.77. The molecule has 3 aromatic heterocycles. The molecule has 0 aliphatic carbocycles. The Morgan fingerprint density at radius 1 is 1.37 bits per heavy atom. The molecule has 0 bridgehead atoms. The number of H-pyrrole nitrogens is 1. The van der Waals surface area contributed by atoms with Crippen LogP contribution >= 0.6 is 0 Å². The monoisotopic (exact) mass is 366 g/mol. The lowest BCUT2D eigenvalue weighted by atomic mass is 10.0. The zero-order chi connectivity index (χ0) is 19.0. The topological polar surface area (TPSA) is 92.1 Å². The van der Waals surface area contributed by atoms with Gasteiger partial charge in [-0.15, -0.1) is 0 Å². The van der Waals surface area contributed by atoms with Gasteiger partial charge in [0.2, 0.25) is 0 Å². The van der Waals surface area contributed by atoms with E-state index in [9.17, 15) is 9.59 Å². The third-order valence-electron chi connectivity index (χ3n) is 5.25. The molecule has 0 aromatic carbocycles. The number of carbonyl (C=O) groups is 1. The highest BCUT2D eigenvalue weighted by molar-refractivity contribution is 5.96. The summed E-state index contributed by atoms with van der Waals surface area (Å²) in [6, 6.07) is 5.44. The number of aromatic nitrogens is 3. The molecule has 1 amide bonds. The minimum atomic E-state index is -0.138. The van der Waals surface area contributed by atoms with Crippen molar-refractivity contribution in [2.75, 3.05) is 13.1 Å². The van der Waals surface area contributed by atoms with Crippen LogP contribution < -0.4 is 5.56 Å². The fourth-order valence-corrected chi connectivity index (χ4v) is 3.77. The molecule has 4 heterocycles. The third kappa shape index (κ3) is 3.03. The summed E-state index contributed by atoms with van der Waals surface area (Å²) in [5.74, 6) is 0.695. The van der Waals surface area contributed by atoms with Crippen molar-refractivity contribution in [2.45, 2.75) is 39.0 Å². The number of aryl methyl sites for hydroxylation is 2. The molecule has 3 aromatic rings. The number of hydrogen-bond donors (Lipinski definition) is 1. The van der Waals surface area contributed by atoms with Gasteiger partial charge in [0.15, 0.2) is 0 Å². The smallest absolute Gasteiger partial charge is 0.259 e. The number of nitrogens with one attached hydrogen (secondary N) is 1. The van der Waals surface area contributed by atoms with Gasteiger partial charge in [-0.1, -0.05) is 19.0 Å². The van der Waals surface area contributed by atoms with Gasteiger partial charge in [-0.3, -0.25) is 14.6 Å². The van der Waals surface area contributed by atoms with Crippen molar-refractivity contribution in [3.63, 3.8) is 0 Å². The van der Waals surface area contributed by atoms with Crippen LogP contribution in [0.5, 0.6) is 0 Å². The quantitative estimate of drug-likeness (QED) is 0.766. The second kappa shape index (κ2) is 6.98. The van der Waals surface area contributed by atoms with Crippen molar-refractivity contribution in [3.05, 3.63) is 57.5 Å². The molecule has 1 aliphatic rings. The maximum absolute atomic E-state index is 13.1. The van der Waals surface area contributed by atoms with Crippen molar-refractivity contribution in [1.29, 1.82) is 0 Å². The number of fused-ring (bicyclic) bond motifs is 1. The second-order valence-electron chi connectivity index (χ2n) is 6.86. The first kappa shape index (κ1) is 17.5. The van der Waals surface area contributed by atoms with Crippen molar-refractivity contribution < 1.29 is 9.32 Å². The van der Waals surface area contributed by atoms with Gasteiger partial charge in [0.05, 0.1) is 16.6 Å². The van der Waals surface area contributed by atoms with Gasteiger partial charge in [-0.05, 0) is 31.0 Å². The molecular weight excluding hydrogens is 344 g/mol. The molecule has 1 atom stereocenters. The first-order chi connectivity index (χ1) is 13.1. The molecule has 1 N–H and O–H groups in total. The van der Waals surface area contributed by atoms with Crippen LogP contribution in [-0.2, 0) is 12.8 Å². The molecule has 7 nitrogen and oxygen atoms in total. The molecule has 0 unspecified atom stereocenters. The number of nitrogens with zero attached hydrogens (tertiary/aromatic N) is 3. The summed E-state index contributed by atoms with van der Waals surface area (Å²) < 4.78 is 5.34. The number of likely N-dealkylation sites (tertiary alicyclic amines) is 1. The minimum Gasteiger partial charge on any atom is -0.360 e. The van der Waals surface area contributed by atoms with Crippen molar-refractivity contribution >= 4 is 16.8 Å². The van der Waals surface area contributed by atoms with Crippen LogP contribution in [0.25, 0.3) is 10.9 Å². The molecule has 27 heavy (non-hydrogen) atoms. The number of aromatic amines is 1. The average Bonchev–Trinajstić information content (AvgIpc) is 3.34. The third-order valence-corrected chi connectivity index (χ3v) is 5.25. The highest BCUT2D eigenvalue weighted by atomic mass is 16.5. The predicted molar refractivity (Wildman–Crippen MR) is 101 cm³/mol. The molecule has 1 saturated heterocycles. The number of hydrogen-bond acceptors (Lipinski definition) is 5. The van der Waals surface area contributed by atoms with Gasteiger partial charge >= 0.3 is 0 Å². The van der Waals surface area contributed by atoms with E-state index in [1.54, 1.807) is 18.3 Å². The summed E-state index contributed by atoms with van der Waals surface area (Å²) in [4.78, 5) is 34.5. The van der Waals surface area contributed by atoms with Crippen LogP contribution in [0.1, 0.15) is 53.7 Å². The molecule has 0 radical (unpaired) electrons. The molecule has 0 spiro atoms. The zero-order valence-electron chi connectivity index (χ0n) is 15.5. The van der Waals surface area contributed by atoms with E-state index in [-0.39, 0.29) is 17.4 Å². The summed E-state index contributed by atoms with van der Waals surface area (Å²) in [7, 11) is 0. The van der Waals surface area contributed by atoms with Crippen LogP contribution in [0.4, 0.5) is 0 Å². The molecule has 1 aliphatic heterocycles. The molecule has 7 heteroatoms. The summed E-state index contributed by atoms with van der Waals surface area (Å²) in [6.45, 7) is 5.12. The molecule has 0 saturated carbocycles. The molecule has 1 fully saturated rings. The minimum absolute atomic E-state index is 0.0336. The SMILES string of the molecule is CCc1noc(CC)c1C(=O)N1CC[C@@H](c2cc3ncccc3c(=O)[nH]2)C1. The van der Waals surface area contributed by atoms with E-state index >= 15 is 0 Å². The van der Waals surface area contributed by atoms with E-state index in [1.165, 1.54) is 0 Å². The Hall–Kier alpha value is -2.96. The standard InChI is InChI=1S/C20H22N4O3/c1-3-14-18(17(4-2)27-23-14)20(26)24-9-7-12(11-24)15-10-16-13(19(25)22-15)6-5-8-21-16/h5-6,8,10,12H,3-4,7,9,11H2,1-2H3,(H,22,25)/t12-/m1/s1. The van der Waals surface area contributed by atoms with Gasteiger partial charge in [0, 0.05) is 37.3 Å². The fraction of sp³-hybridized carbons (Fsp3) is 0.400. The Morgan fingerprint density at radius 3 is 3.00 bits per heavy atom. The highest BCUT2D eigenvalue weighted by Gasteiger charge is 2.32. The van der Waals surface area contributed by atoms with Gasteiger partial charge in [0.1, 0.15) is 11.3 Å². The summed E-state index contributed by atoms with van der Waals surface area (Å²) in [5, 5.41) is 4.62. The summed E-state index contributed by atoms with van der Waals surface area (Å²) in [5.41, 5.74) is 2.69. The van der Waals surface area contributed by atoms with Gasteiger partial charge < -0.3 is 14.4 Å². The number of amides is 1. The molecule has 4 rings (SSSR count). The molecule has 140 valence electrons. The average molecular weight is 366 g/mol. The van der Waals surface area contributed by atoms with Gasteiger partial charge in [0.25, 0.3) is 11.5 Å². The van der Waals surface area contributed by atoms with Crippen LogP contribution in [-0.4, -0.2) is 39.0 Å². The number of pyridine rings is 2. The Morgan fingerprint density at radius 2 is 2.22 bits per heavy atom.